The second-order valence-electron chi connectivity index (χ2n) is 7.72. The van der Waals surface area contributed by atoms with Crippen LogP contribution in [0.15, 0.2) is 48.5 Å². The van der Waals surface area contributed by atoms with Gasteiger partial charge in [-0.1, -0.05) is 29.8 Å². The van der Waals surface area contributed by atoms with Crippen LogP contribution >= 0.6 is 12.2 Å². The van der Waals surface area contributed by atoms with Crippen molar-refractivity contribution in [3.05, 3.63) is 58.9 Å². The summed E-state index contributed by atoms with van der Waals surface area (Å²) in [5.74, 6) is 1.59. The number of carbonyl (C=O) groups is 1. The second-order valence-corrected chi connectivity index (χ2v) is 8.11. The molecule has 0 atom stereocenters. The number of hydrogen-bond donors (Lipinski definition) is 1. The van der Waals surface area contributed by atoms with E-state index in [4.69, 9.17) is 17.0 Å². The van der Waals surface area contributed by atoms with Crippen molar-refractivity contribution in [3.8, 4) is 17.1 Å². The molecule has 4 rings (SSSR count). The molecule has 1 N–H and O–H groups in total. The van der Waals surface area contributed by atoms with Gasteiger partial charge in [-0.05, 0) is 49.8 Å². The van der Waals surface area contributed by atoms with E-state index in [9.17, 15) is 4.79 Å². The lowest BCUT2D eigenvalue weighted by molar-refractivity contribution is -0.131. The minimum Gasteiger partial charge on any atom is -0.497 e. The molecule has 0 unspecified atom stereocenters. The van der Waals surface area contributed by atoms with E-state index in [1.54, 1.807) is 11.7 Å². The van der Waals surface area contributed by atoms with Crippen LogP contribution in [0.1, 0.15) is 12.0 Å². The number of benzene rings is 2. The van der Waals surface area contributed by atoms with Crippen LogP contribution in [0.3, 0.4) is 0 Å². The Labute approximate surface area is 187 Å². The summed E-state index contributed by atoms with van der Waals surface area (Å²) in [6.45, 7) is 5.34. The summed E-state index contributed by atoms with van der Waals surface area (Å²) in [6.07, 6.45) is 0.916. The molecule has 8 heteroatoms. The zero-order valence-corrected chi connectivity index (χ0v) is 18.7. The van der Waals surface area contributed by atoms with Gasteiger partial charge < -0.3 is 14.5 Å². The molecule has 0 saturated carbocycles. The minimum atomic E-state index is 0.0578. The first kappa shape index (κ1) is 21.1. The van der Waals surface area contributed by atoms with Gasteiger partial charge in [-0.2, -0.15) is 5.10 Å². The predicted octanol–water partition coefficient (Wildman–Crippen LogP) is 3.66. The normalized spacial score (nSPS) is 14.4. The number of anilines is 1. The summed E-state index contributed by atoms with van der Waals surface area (Å²) >= 11 is 5.40. The smallest absolute Gasteiger partial charge is 0.242 e. The summed E-state index contributed by atoms with van der Waals surface area (Å²) < 4.78 is 7.49. The zero-order chi connectivity index (χ0) is 21.8. The first-order valence-corrected chi connectivity index (χ1v) is 10.8. The highest BCUT2D eigenvalue weighted by atomic mass is 32.1. The Kier molecular flexibility index (Phi) is 6.36. The number of hydrogen-bond acceptors (Lipinski definition) is 5. The van der Waals surface area contributed by atoms with E-state index < -0.39 is 0 Å². The first-order valence-electron chi connectivity index (χ1n) is 10.4. The molecule has 1 aliphatic heterocycles. The molecule has 31 heavy (non-hydrogen) atoms. The number of aryl methyl sites for hydroxylation is 1. The van der Waals surface area contributed by atoms with Gasteiger partial charge in [0.2, 0.25) is 5.91 Å². The van der Waals surface area contributed by atoms with Crippen molar-refractivity contribution in [1.29, 1.82) is 0 Å². The Bertz CT molecular complexity index is 1090. The summed E-state index contributed by atoms with van der Waals surface area (Å²) in [6, 6.07) is 16.1. The Balaban J connectivity index is 1.44. The molecular formula is C23H27N5O2S. The lowest BCUT2D eigenvalue weighted by atomic mass is 10.1. The molecule has 2 aromatic carbocycles. The van der Waals surface area contributed by atoms with Crippen LogP contribution in [0.25, 0.3) is 11.4 Å². The number of H-pyrrole nitrogens is 1. The highest BCUT2D eigenvalue weighted by Crippen LogP contribution is 2.21. The molecule has 0 aliphatic carbocycles. The number of carbonyl (C=O) groups excluding carboxylic acids is 1. The molecule has 0 radical (unpaired) electrons. The molecule has 7 nitrogen and oxygen atoms in total. The van der Waals surface area contributed by atoms with Crippen LogP contribution < -0.4 is 9.64 Å². The van der Waals surface area contributed by atoms with Gasteiger partial charge in [0.25, 0.3) is 0 Å². The second kappa shape index (κ2) is 9.34. The van der Waals surface area contributed by atoms with Gasteiger partial charge in [-0.3, -0.25) is 14.5 Å². The highest BCUT2D eigenvalue weighted by Gasteiger charge is 2.21. The molecule has 0 bridgehead atoms. The van der Waals surface area contributed by atoms with E-state index in [2.05, 4.69) is 27.2 Å². The van der Waals surface area contributed by atoms with E-state index >= 15 is 0 Å². The lowest BCUT2D eigenvalue weighted by Crippen LogP contribution is -2.37. The van der Waals surface area contributed by atoms with Gasteiger partial charge in [-0.25, -0.2) is 0 Å². The third-order valence-corrected chi connectivity index (χ3v) is 5.96. The van der Waals surface area contributed by atoms with Crippen molar-refractivity contribution in [1.82, 2.24) is 19.7 Å². The molecule has 2 heterocycles. The number of nitrogens with one attached hydrogen (secondary N) is 1. The van der Waals surface area contributed by atoms with E-state index in [0.717, 1.165) is 43.1 Å². The average Bonchev–Trinajstić information content (AvgIpc) is 3.00. The maximum atomic E-state index is 13.1. The molecule has 162 valence electrons. The molecule has 0 spiro atoms. The van der Waals surface area contributed by atoms with Crippen molar-refractivity contribution >= 4 is 23.8 Å². The van der Waals surface area contributed by atoms with Crippen LogP contribution in [0.4, 0.5) is 5.69 Å². The van der Waals surface area contributed by atoms with E-state index in [1.165, 1.54) is 5.56 Å². The molecule has 1 saturated heterocycles. The zero-order valence-electron chi connectivity index (χ0n) is 17.9. The SMILES string of the molecule is COc1ccc(N2CCCN(C(=O)Cn3c(-c4ccc(C)cc4)n[nH]c3=S)CC2)cc1. The minimum absolute atomic E-state index is 0.0578. The maximum absolute atomic E-state index is 13.1. The summed E-state index contributed by atoms with van der Waals surface area (Å²) in [7, 11) is 1.67. The van der Waals surface area contributed by atoms with Crippen molar-refractivity contribution in [3.63, 3.8) is 0 Å². The number of rotatable bonds is 5. The topological polar surface area (TPSA) is 66.4 Å². The Hall–Kier alpha value is -3.13. The fraction of sp³-hybridized carbons (Fsp3) is 0.348. The van der Waals surface area contributed by atoms with Crippen molar-refractivity contribution in [2.24, 2.45) is 0 Å². The van der Waals surface area contributed by atoms with Crippen molar-refractivity contribution in [2.45, 2.75) is 19.9 Å². The third-order valence-electron chi connectivity index (χ3n) is 5.65. The van der Waals surface area contributed by atoms with Crippen LogP contribution in [0.5, 0.6) is 5.75 Å². The standard InChI is InChI=1S/C23H27N5O2S/c1-17-4-6-18(7-5-17)22-24-25-23(31)28(22)16-21(29)27-13-3-12-26(14-15-27)19-8-10-20(30-2)11-9-19/h4-11H,3,12-16H2,1-2H3,(H,25,31). The van der Waals surface area contributed by atoms with Gasteiger partial charge in [0, 0.05) is 37.4 Å². The number of amides is 1. The Morgan fingerprint density at radius 3 is 2.52 bits per heavy atom. The lowest BCUT2D eigenvalue weighted by Gasteiger charge is -2.24. The molecular weight excluding hydrogens is 410 g/mol. The number of ether oxygens (including phenoxy) is 1. The average molecular weight is 438 g/mol. The van der Waals surface area contributed by atoms with Gasteiger partial charge in [0.05, 0.1) is 7.11 Å². The Morgan fingerprint density at radius 2 is 1.81 bits per heavy atom. The number of aromatic nitrogens is 3. The summed E-state index contributed by atoms with van der Waals surface area (Å²) in [5.41, 5.74) is 3.26. The molecule has 1 aromatic heterocycles. The largest absolute Gasteiger partial charge is 0.497 e. The fourth-order valence-corrected chi connectivity index (χ4v) is 4.04. The van der Waals surface area contributed by atoms with Crippen LogP contribution in [0, 0.1) is 11.7 Å². The monoisotopic (exact) mass is 437 g/mol. The van der Waals surface area contributed by atoms with Gasteiger partial charge in [0.15, 0.2) is 10.6 Å². The molecule has 1 aliphatic rings. The quantitative estimate of drug-likeness (QED) is 0.617. The first-order chi connectivity index (χ1) is 15.0. The molecule has 1 amide bonds. The van der Waals surface area contributed by atoms with Crippen molar-refractivity contribution in [2.75, 3.05) is 38.2 Å². The fourth-order valence-electron chi connectivity index (χ4n) is 3.84. The van der Waals surface area contributed by atoms with E-state index in [0.29, 0.717) is 17.1 Å². The predicted molar refractivity (Wildman–Crippen MR) is 124 cm³/mol. The number of nitrogens with zero attached hydrogens (tertiary/aromatic N) is 4. The van der Waals surface area contributed by atoms with Crippen LogP contribution in [-0.4, -0.2) is 58.9 Å². The van der Waals surface area contributed by atoms with Crippen LogP contribution in [0.2, 0.25) is 0 Å². The summed E-state index contributed by atoms with van der Waals surface area (Å²) in [4.78, 5) is 17.4. The van der Waals surface area contributed by atoms with Crippen LogP contribution in [-0.2, 0) is 11.3 Å². The number of methoxy groups -OCH3 is 1. The maximum Gasteiger partial charge on any atom is 0.242 e. The number of aromatic amines is 1. The Morgan fingerprint density at radius 1 is 1.06 bits per heavy atom. The third kappa shape index (κ3) is 4.80. The summed E-state index contributed by atoms with van der Waals surface area (Å²) in [5, 5.41) is 7.19. The van der Waals surface area contributed by atoms with Crippen molar-refractivity contribution < 1.29 is 9.53 Å². The molecule has 1 fully saturated rings. The highest BCUT2D eigenvalue weighted by molar-refractivity contribution is 7.71. The van der Waals surface area contributed by atoms with E-state index in [-0.39, 0.29) is 12.5 Å². The molecule has 3 aromatic rings. The van der Waals surface area contributed by atoms with Gasteiger partial charge >= 0.3 is 0 Å². The van der Waals surface area contributed by atoms with E-state index in [1.807, 2.05) is 48.2 Å². The van der Waals surface area contributed by atoms with Gasteiger partial charge in [-0.15, -0.1) is 0 Å². The van der Waals surface area contributed by atoms with Gasteiger partial charge in [0.1, 0.15) is 12.3 Å².